The fourth-order valence-electron chi connectivity index (χ4n) is 2.52. The summed E-state index contributed by atoms with van der Waals surface area (Å²) in [4.78, 5) is 18.8. The van der Waals surface area contributed by atoms with Crippen LogP contribution in [0.25, 0.3) is 11.0 Å². The summed E-state index contributed by atoms with van der Waals surface area (Å²) < 4.78 is 1.80. The molecule has 0 aliphatic rings. The van der Waals surface area contributed by atoms with Gasteiger partial charge in [-0.2, -0.15) is 0 Å². The van der Waals surface area contributed by atoms with Crippen LogP contribution in [-0.2, 0) is 7.05 Å². The Morgan fingerprint density at radius 2 is 1.85 bits per heavy atom. The summed E-state index contributed by atoms with van der Waals surface area (Å²) in [7, 11) is 1.85. The second-order valence-electron chi connectivity index (χ2n) is 5.54. The molecule has 1 aromatic carbocycles. The third kappa shape index (κ3) is 2.52. The van der Waals surface area contributed by atoms with Crippen LogP contribution >= 0.6 is 11.6 Å². The molecule has 2 aromatic rings. The summed E-state index contributed by atoms with van der Waals surface area (Å²) in [5.41, 5.74) is 2.32. The van der Waals surface area contributed by atoms with Gasteiger partial charge in [-0.1, -0.05) is 0 Å². The number of rotatable bonds is 3. The Hall–Kier alpha value is -1.55. The van der Waals surface area contributed by atoms with Gasteiger partial charge in [-0.25, -0.2) is 4.98 Å². The van der Waals surface area contributed by atoms with Gasteiger partial charge in [0.15, 0.2) is 0 Å². The predicted octanol–water partition coefficient (Wildman–Crippen LogP) is 3.49. The van der Waals surface area contributed by atoms with Crippen LogP contribution in [0.1, 0.15) is 38.1 Å². The summed E-state index contributed by atoms with van der Waals surface area (Å²) in [5, 5.41) is 0.425. The van der Waals surface area contributed by atoms with Gasteiger partial charge >= 0.3 is 0 Å². The lowest BCUT2D eigenvalue weighted by Crippen LogP contribution is -2.42. The molecule has 0 radical (unpaired) electrons. The lowest BCUT2D eigenvalue weighted by molar-refractivity contribution is 0.0644. The minimum Gasteiger partial charge on any atom is -0.334 e. The molecule has 0 saturated heterocycles. The molecule has 108 valence electrons. The lowest BCUT2D eigenvalue weighted by atomic mass is 10.1. The third-order valence-electron chi connectivity index (χ3n) is 3.42. The van der Waals surface area contributed by atoms with Crippen LogP contribution in [0.2, 0.25) is 5.28 Å². The molecule has 4 nitrogen and oxygen atoms in total. The predicted molar refractivity (Wildman–Crippen MR) is 82.2 cm³/mol. The average Bonchev–Trinajstić information content (AvgIpc) is 2.63. The van der Waals surface area contributed by atoms with E-state index in [4.69, 9.17) is 11.6 Å². The van der Waals surface area contributed by atoms with Gasteiger partial charge < -0.3 is 9.47 Å². The van der Waals surface area contributed by atoms with Crippen LogP contribution in [0.5, 0.6) is 0 Å². The summed E-state index contributed by atoms with van der Waals surface area (Å²) >= 11 is 6.00. The van der Waals surface area contributed by atoms with Crippen molar-refractivity contribution in [1.29, 1.82) is 0 Å². The minimum absolute atomic E-state index is 0.0266. The molecule has 1 aromatic heterocycles. The van der Waals surface area contributed by atoms with Gasteiger partial charge in [-0.3, -0.25) is 4.79 Å². The Morgan fingerprint density at radius 3 is 2.40 bits per heavy atom. The van der Waals surface area contributed by atoms with E-state index in [2.05, 4.69) is 4.98 Å². The van der Waals surface area contributed by atoms with Crippen molar-refractivity contribution >= 4 is 28.5 Å². The molecular weight excluding hydrogens is 274 g/mol. The van der Waals surface area contributed by atoms with E-state index in [1.807, 2.05) is 51.8 Å². The molecule has 5 heteroatoms. The van der Waals surface area contributed by atoms with E-state index in [1.54, 1.807) is 10.6 Å². The first kappa shape index (κ1) is 14.9. The first-order valence-corrected chi connectivity index (χ1v) is 7.15. The zero-order valence-corrected chi connectivity index (χ0v) is 13.3. The highest BCUT2D eigenvalue weighted by Gasteiger charge is 2.22. The fourth-order valence-corrected chi connectivity index (χ4v) is 2.70. The van der Waals surface area contributed by atoms with E-state index >= 15 is 0 Å². The number of fused-ring (bicyclic) bond motifs is 1. The van der Waals surface area contributed by atoms with Crippen molar-refractivity contribution in [2.75, 3.05) is 0 Å². The van der Waals surface area contributed by atoms with Crippen molar-refractivity contribution < 1.29 is 4.79 Å². The maximum Gasteiger partial charge on any atom is 0.254 e. The number of aryl methyl sites for hydroxylation is 1. The molecule has 0 saturated carbocycles. The van der Waals surface area contributed by atoms with Crippen LogP contribution in [-0.4, -0.2) is 32.4 Å². The van der Waals surface area contributed by atoms with Crippen LogP contribution in [0.15, 0.2) is 18.2 Å². The van der Waals surface area contributed by atoms with Gasteiger partial charge in [0.25, 0.3) is 5.91 Å². The third-order valence-corrected chi connectivity index (χ3v) is 3.76. The molecule has 1 heterocycles. The van der Waals surface area contributed by atoms with Gasteiger partial charge in [0.1, 0.15) is 0 Å². The van der Waals surface area contributed by atoms with Gasteiger partial charge in [0, 0.05) is 24.7 Å². The molecule has 0 fully saturated rings. The minimum atomic E-state index is 0.0266. The number of aromatic nitrogens is 2. The number of benzene rings is 1. The number of carbonyl (C=O) groups excluding carboxylic acids is 1. The van der Waals surface area contributed by atoms with E-state index in [9.17, 15) is 4.79 Å². The number of halogens is 1. The standard InChI is InChI=1S/C15H20ClN3O/c1-9(2)19(10(3)4)14(20)11-6-7-13-12(8-11)17-15(16)18(13)5/h6-10H,1-5H3. The zero-order valence-electron chi connectivity index (χ0n) is 12.5. The van der Waals surface area contributed by atoms with Crippen molar-refractivity contribution in [3.63, 3.8) is 0 Å². The summed E-state index contributed by atoms with van der Waals surface area (Å²) in [6, 6.07) is 5.85. The second kappa shape index (κ2) is 5.44. The topological polar surface area (TPSA) is 38.1 Å². The number of imidazole rings is 1. The Labute approximate surface area is 124 Å². The van der Waals surface area contributed by atoms with E-state index in [0.29, 0.717) is 10.8 Å². The van der Waals surface area contributed by atoms with Crippen LogP contribution in [0.3, 0.4) is 0 Å². The number of hydrogen-bond donors (Lipinski definition) is 0. The molecule has 0 spiro atoms. The van der Waals surface area contributed by atoms with Crippen molar-refractivity contribution in [3.8, 4) is 0 Å². The number of carbonyl (C=O) groups is 1. The van der Waals surface area contributed by atoms with Crippen LogP contribution < -0.4 is 0 Å². The Balaban J connectivity index is 2.44. The monoisotopic (exact) mass is 293 g/mol. The van der Waals surface area contributed by atoms with E-state index in [0.717, 1.165) is 11.0 Å². The highest BCUT2D eigenvalue weighted by Crippen LogP contribution is 2.21. The fraction of sp³-hybridized carbons (Fsp3) is 0.467. The molecule has 1 amide bonds. The van der Waals surface area contributed by atoms with E-state index < -0.39 is 0 Å². The van der Waals surface area contributed by atoms with Crippen molar-refractivity contribution in [2.24, 2.45) is 7.05 Å². The smallest absolute Gasteiger partial charge is 0.254 e. The molecule has 0 N–H and O–H groups in total. The Kier molecular flexibility index (Phi) is 4.04. The van der Waals surface area contributed by atoms with Gasteiger partial charge in [0.05, 0.1) is 11.0 Å². The molecule has 0 aliphatic heterocycles. The Morgan fingerprint density at radius 1 is 1.25 bits per heavy atom. The van der Waals surface area contributed by atoms with Gasteiger partial charge in [-0.15, -0.1) is 0 Å². The molecule has 20 heavy (non-hydrogen) atoms. The highest BCUT2D eigenvalue weighted by atomic mass is 35.5. The maximum absolute atomic E-state index is 12.6. The number of hydrogen-bond acceptors (Lipinski definition) is 2. The quantitative estimate of drug-likeness (QED) is 0.869. The zero-order chi connectivity index (χ0) is 15.0. The maximum atomic E-state index is 12.6. The van der Waals surface area contributed by atoms with Crippen LogP contribution in [0, 0.1) is 0 Å². The summed E-state index contributed by atoms with van der Waals surface area (Å²) in [6.45, 7) is 8.09. The summed E-state index contributed by atoms with van der Waals surface area (Å²) in [6.07, 6.45) is 0. The first-order chi connectivity index (χ1) is 9.32. The van der Waals surface area contributed by atoms with E-state index in [-0.39, 0.29) is 18.0 Å². The molecule has 0 aliphatic carbocycles. The summed E-state index contributed by atoms with van der Waals surface area (Å²) in [5.74, 6) is 0.0266. The molecular formula is C15H20ClN3O. The molecule has 0 atom stereocenters. The van der Waals surface area contributed by atoms with E-state index in [1.165, 1.54) is 0 Å². The normalized spacial score (nSPS) is 11.6. The van der Waals surface area contributed by atoms with Gasteiger partial charge in [0.2, 0.25) is 5.28 Å². The molecule has 0 bridgehead atoms. The molecule has 2 rings (SSSR count). The number of amides is 1. The second-order valence-corrected chi connectivity index (χ2v) is 5.88. The number of nitrogens with zero attached hydrogens (tertiary/aromatic N) is 3. The van der Waals surface area contributed by atoms with Gasteiger partial charge in [-0.05, 0) is 57.5 Å². The Bertz CT molecular complexity index is 638. The van der Waals surface area contributed by atoms with Crippen molar-refractivity contribution in [2.45, 2.75) is 39.8 Å². The lowest BCUT2D eigenvalue weighted by Gasteiger charge is -2.30. The SMILES string of the molecule is CC(C)N(C(=O)c1ccc2c(c1)nc(Cl)n2C)C(C)C. The van der Waals surface area contributed by atoms with Crippen molar-refractivity contribution in [1.82, 2.24) is 14.5 Å². The first-order valence-electron chi connectivity index (χ1n) is 6.77. The highest BCUT2D eigenvalue weighted by molar-refractivity contribution is 6.29. The van der Waals surface area contributed by atoms with Crippen molar-refractivity contribution in [3.05, 3.63) is 29.0 Å². The van der Waals surface area contributed by atoms with Crippen LogP contribution in [0.4, 0.5) is 0 Å². The largest absolute Gasteiger partial charge is 0.334 e. The average molecular weight is 294 g/mol. The molecule has 0 unspecified atom stereocenters.